The molecule has 0 atom stereocenters. The largest absolute Gasteiger partial charge is 0.398 e. The van der Waals surface area contributed by atoms with Gasteiger partial charge < -0.3 is 35.4 Å². The van der Waals surface area contributed by atoms with Gasteiger partial charge in [0.05, 0.1) is 0 Å². The van der Waals surface area contributed by atoms with Gasteiger partial charge in [-0.1, -0.05) is 103 Å². The topological polar surface area (TPSA) is 73.8 Å². The van der Waals surface area contributed by atoms with Crippen LogP contribution in [0.3, 0.4) is 0 Å². The van der Waals surface area contributed by atoms with Gasteiger partial charge in [-0.3, -0.25) is 0 Å². The third-order valence-electron chi connectivity index (χ3n) is 11.8. The Bertz CT molecular complexity index is 637. The minimum atomic E-state index is -1.97. The smallest absolute Gasteiger partial charge is 0.334 e. The van der Waals surface area contributed by atoms with Crippen molar-refractivity contribution >= 4 is 34.2 Å². The summed E-state index contributed by atoms with van der Waals surface area (Å²) in [4.78, 5) is 0. The molecule has 0 rings (SSSR count). The van der Waals surface area contributed by atoms with E-state index in [0.717, 1.165) is 24.2 Å². The maximum absolute atomic E-state index is 5.74. The molecule has 0 aromatic rings. The van der Waals surface area contributed by atoms with Crippen LogP contribution >= 0.6 is 0 Å². The predicted molar refractivity (Wildman–Crippen MR) is 217 cm³/mol. The van der Waals surface area contributed by atoms with E-state index in [2.05, 4.69) is 26.2 Å². The minimum absolute atomic E-state index is 0.454. The van der Waals surface area contributed by atoms with Gasteiger partial charge in [-0.15, -0.1) is 0 Å². The second-order valence-electron chi connectivity index (χ2n) is 15.3. The van der Waals surface area contributed by atoms with E-state index >= 15 is 0 Å². The molecule has 0 unspecified atom stereocenters. The van der Waals surface area contributed by atoms with Crippen molar-refractivity contribution in [3.63, 3.8) is 0 Å². The first kappa shape index (κ1) is 49.5. The van der Waals surface area contributed by atoms with Gasteiger partial charge in [0.15, 0.2) is 0 Å². The molecule has 0 fully saturated rings. The van der Waals surface area contributed by atoms with E-state index in [-0.39, 0.29) is 0 Å². The van der Waals surface area contributed by atoms with Crippen molar-refractivity contribution in [3.05, 3.63) is 0 Å². The van der Waals surface area contributed by atoms with E-state index in [1.807, 2.05) is 56.9 Å². The molecular formula is C37H84O8Si4. The third kappa shape index (κ3) is 22.4. The molecule has 296 valence electrons. The van der Waals surface area contributed by atoms with E-state index in [1.54, 1.807) is 0 Å². The monoisotopic (exact) mass is 769 g/mol. The average Bonchev–Trinajstić information content (AvgIpc) is 3.13. The highest BCUT2D eigenvalue weighted by atomic mass is 28.4. The fourth-order valence-electron chi connectivity index (χ4n) is 7.10. The van der Waals surface area contributed by atoms with Crippen LogP contribution in [0.15, 0.2) is 0 Å². The zero-order valence-corrected chi connectivity index (χ0v) is 38.7. The average molecular weight is 769 g/mol. The van der Waals surface area contributed by atoms with Crippen molar-refractivity contribution in [2.45, 2.75) is 179 Å². The summed E-state index contributed by atoms with van der Waals surface area (Å²) in [6, 6.07) is 4.34. The third-order valence-corrected chi connectivity index (χ3v) is 23.8. The Kier molecular flexibility index (Phi) is 28.4. The molecule has 0 aliphatic carbocycles. The molecule has 0 N–H and O–H groups in total. The summed E-state index contributed by atoms with van der Waals surface area (Å²) >= 11 is 0. The van der Waals surface area contributed by atoms with Gasteiger partial charge in [0.2, 0.25) is 0 Å². The summed E-state index contributed by atoms with van der Waals surface area (Å²) < 4.78 is 45.9. The van der Waals surface area contributed by atoms with E-state index < -0.39 is 34.2 Å². The predicted octanol–water partition coefficient (Wildman–Crippen LogP) is 11.2. The molecule has 0 aliphatic rings. The van der Waals surface area contributed by atoms with Crippen molar-refractivity contribution in [2.24, 2.45) is 5.41 Å². The van der Waals surface area contributed by atoms with Gasteiger partial charge in [0, 0.05) is 56.9 Å². The maximum Gasteiger partial charge on any atom is 0.334 e. The van der Waals surface area contributed by atoms with Crippen molar-refractivity contribution in [2.75, 3.05) is 56.9 Å². The molecule has 0 amide bonds. The first-order valence-corrected chi connectivity index (χ1v) is 29.8. The normalized spacial score (nSPS) is 13.5. The highest BCUT2D eigenvalue weighted by Gasteiger charge is 2.32. The highest BCUT2D eigenvalue weighted by Crippen LogP contribution is 2.42. The molecule has 0 bridgehead atoms. The zero-order valence-electron chi connectivity index (χ0n) is 34.7. The standard InChI is InChI=1S/C37H84O8Si4/c1-38-46(9,39-2)33-25-17-13-21-29-37(30-22-14-18-26-34-47(10,40-3)41-4,31-23-15-19-27-35-48(11,42-5)43-6)32-24-16-20-28-36-49(12,44-7)45-8/h13-36H2,1-12H3. The van der Waals surface area contributed by atoms with Gasteiger partial charge >= 0.3 is 34.2 Å². The Morgan fingerprint density at radius 2 is 0.429 bits per heavy atom. The molecule has 0 aliphatic heterocycles. The van der Waals surface area contributed by atoms with Crippen molar-refractivity contribution in [3.8, 4) is 0 Å². The SMILES string of the molecule is CO[Si](C)(CCCCCCC(CCCCCC[Si](C)(OC)OC)(CCCCCC[Si](C)(OC)OC)CCCCCC[Si](C)(OC)OC)OC. The molecule has 49 heavy (non-hydrogen) atoms. The summed E-state index contributed by atoms with van der Waals surface area (Å²) in [5.41, 5.74) is 0.454. The second kappa shape index (κ2) is 28.1. The van der Waals surface area contributed by atoms with Crippen molar-refractivity contribution in [1.29, 1.82) is 0 Å². The highest BCUT2D eigenvalue weighted by molar-refractivity contribution is 6.67. The van der Waals surface area contributed by atoms with Gasteiger partial charge in [-0.25, -0.2) is 0 Å². The van der Waals surface area contributed by atoms with E-state index in [9.17, 15) is 0 Å². The molecule has 0 spiro atoms. The van der Waals surface area contributed by atoms with E-state index in [0.29, 0.717) is 5.41 Å². The summed E-state index contributed by atoms with van der Waals surface area (Å²) in [6.07, 6.45) is 26.0. The Labute approximate surface area is 309 Å². The Hall–Kier alpha value is 0.548. The van der Waals surface area contributed by atoms with E-state index in [4.69, 9.17) is 35.4 Å². The first-order chi connectivity index (χ1) is 23.3. The van der Waals surface area contributed by atoms with Crippen LogP contribution in [0.5, 0.6) is 0 Å². The lowest BCUT2D eigenvalue weighted by molar-refractivity contribution is 0.171. The summed E-state index contributed by atoms with van der Waals surface area (Å²) in [5.74, 6) is 0. The van der Waals surface area contributed by atoms with Crippen LogP contribution < -0.4 is 0 Å². The van der Waals surface area contributed by atoms with Crippen LogP contribution in [-0.2, 0) is 35.4 Å². The van der Waals surface area contributed by atoms with Crippen LogP contribution in [0.2, 0.25) is 50.4 Å². The maximum atomic E-state index is 5.74. The lowest BCUT2D eigenvalue weighted by Crippen LogP contribution is -2.35. The van der Waals surface area contributed by atoms with Gasteiger partial charge in [-0.2, -0.15) is 0 Å². The first-order valence-electron chi connectivity index (χ1n) is 19.7. The Balaban J connectivity index is 5.42. The molecule has 0 saturated carbocycles. The van der Waals surface area contributed by atoms with Crippen LogP contribution in [0.1, 0.15) is 128 Å². The zero-order chi connectivity index (χ0) is 37.1. The second-order valence-corrected chi connectivity index (χ2v) is 29.7. The number of rotatable bonds is 36. The number of hydrogen-bond donors (Lipinski definition) is 0. The fourth-order valence-corrected chi connectivity index (χ4v) is 13.0. The summed E-state index contributed by atoms with van der Waals surface area (Å²) in [7, 11) is 6.60. The van der Waals surface area contributed by atoms with Crippen molar-refractivity contribution < 1.29 is 35.4 Å². The number of hydrogen-bond acceptors (Lipinski definition) is 8. The Morgan fingerprint density at radius 3 is 0.592 bits per heavy atom. The van der Waals surface area contributed by atoms with Gasteiger partial charge in [0.1, 0.15) is 0 Å². The summed E-state index contributed by atoms with van der Waals surface area (Å²) in [6.45, 7) is 8.74. The fraction of sp³-hybridized carbons (Fsp3) is 1.00. The molecule has 0 heterocycles. The van der Waals surface area contributed by atoms with E-state index in [1.165, 1.54) is 128 Å². The van der Waals surface area contributed by atoms with Crippen LogP contribution in [0.4, 0.5) is 0 Å². The lowest BCUT2D eigenvalue weighted by Gasteiger charge is -2.35. The lowest BCUT2D eigenvalue weighted by atomic mass is 9.70. The molecule has 0 aromatic carbocycles. The molecular weight excluding hydrogens is 685 g/mol. The van der Waals surface area contributed by atoms with Crippen LogP contribution in [-0.4, -0.2) is 91.1 Å². The van der Waals surface area contributed by atoms with Crippen molar-refractivity contribution in [1.82, 2.24) is 0 Å². The minimum Gasteiger partial charge on any atom is -0.398 e. The molecule has 0 aromatic heterocycles. The Morgan fingerprint density at radius 1 is 0.265 bits per heavy atom. The quantitative estimate of drug-likeness (QED) is 0.0461. The van der Waals surface area contributed by atoms with Gasteiger partial charge in [0.25, 0.3) is 0 Å². The molecule has 12 heteroatoms. The molecule has 8 nitrogen and oxygen atoms in total. The molecule has 0 saturated heterocycles. The van der Waals surface area contributed by atoms with Gasteiger partial charge in [-0.05, 0) is 81.5 Å². The summed E-state index contributed by atoms with van der Waals surface area (Å²) in [5, 5.41) is 0. The van der Waals surface area contributed by atoms with Crippen LogP contribution in [0, 0.1) is 5.41 Å². The van der Waals surface area contributed by atoms with Crippen LogP contribution in [0.25, 0.3) is 0 Å². The number of unbranched alkanes of at least 4 members (excludes halogenated alkanes) is 12. The molecule has 0 radical (unpaired) electrons.